The van der Waals surface area contributed by atoms with Gasteiger partial charge in [0.05, 0.1) is 6.61 Å². The first kappa shape index (κ1) is 23.4. The predicted octanol–water partition coefficient (Wildman–Crippen LogP) is 5.18. The molecular formula is C27H35NO2Si. The summed E-state index contributed by atoms with van der Waals surface area (Å²) in [5.41, 5.74) is 9.64. The molecule has 0 amide bonds. The molecule has 0 saturated carbocycles. The average Bonchev–Trinajstić information content (AvgIpc) is 2.79. The van der Waals surface area contributed by atoms with E-state index in [1.165, 1.54) is 5.56 Å². The lowest BCUT2D eigenvalue weighted by Gasteiger charge is -2.42. The highest BCUT2D eigenvalue weighted by Crippen LogP contribution is 2.39. The summed E-state index contributed by atoms with van der Waals surface area (Å²) in [6.07, 6.45) is 0.704. The lowest BCUT2D eigenvalue weighted by molar-refractivity contribution is 0.0507. The monoisotopic (exact) mass is 433 g/mol. The van der Waals surface area contributed by atoms with Crippen molar-refractivity contribution in [2.45, 2.75) is 50.5 Å². The molecule has 164 valence electrons. The molecule has 1 atom stereocenters. The van der Waals surface area contributed by atoms with Crippen LogP contribution in [-0.4, -0.2) is 22.4 Å². The van der Waals surface area contributed by atoms with Gasteiger partial charge in [0.1, 0.15) is 5.60 Å². The first-order valence-corrected chi connectivity index (χ1v) is 12.3. The van der Waals surface area contributed by atoms with Gasteiger partial charge < -0.3 is 14.9 Å². The summed E-state index contributed by atoms with van der Waals surface area (Å²) in [6, 6.07) is 30.9. The van der Waals surface area contributed by atoms with Crippen molar-refractivity contribution in [3.05, 3.63) is 108 Å². The minimum Gasteiger partial charge on any atom is -0.409 e. The Balaban J connectivity index is 1.86. The molecule has 0 radical (unpaired) electrons. The van der Waals surface area contributed by atoms with E-state index in [4.69, 9.17) is 14.9 Å². The summed E-state index contributed by atoms with van der Waals surface area (Å²) < 4.78 is 12.9. The zero-order valence-corrected chi connectivity index (χ0v) is 20.4. The van der Waals surface area contributed by atoms with E-state index in [0.29, 0.717) is 19.6 Å². The van der Waals surface area contributed by atoms with Crippen molar-refractivity contribution in [1.82, 2.24) is 0 Å². The molecule has 0 unspecified atom stereocenters. The van der Waals surface area contributed by atoms with E-state index >= 15 is 0 Å². The van der Waals surface area contributed by atoms with Crippen molar-refractivity contribution >= 4 is 9.76 Å². The minimum atomic E-state index is -0.876. The van der Waals surface area contributed by atoms with Gasteiger partial charge in [-0.2, -0.15) is 0 Å². The van der Waals surface area contributed by atoms with Crippen molar-refractivity contribution < 1.29 is 9.16 Å². The van der Waals surface area contributed by atoms with Crippen LogP contribution in [0.5, 0.6) is 0 Å². The fraction of sp³-hybridized carbons (Fsp3) is 0.333. The molecular weight excluding hydrogens is 398 g/mol. The van der Waals surface area contributed by atoms with Gasteiger partial charge in [0, 0.05) is 12.6 Å². The number of nitrogens with two attached hydrogens (primary N) is 1. The number of hydrogen-bond acceptors (Lipinski definition) is 3. The molecule has 4 heteroatoms. The number of hydrogen-bond donors (Lipinski definition) is 1. The Morgan fingerprint density at radius 1 is 0.774 bits per heavy atom. The molecule has 0 aliphatic carbocycles. The molecule has 0 fully saturated rings. The molecule has 0 aliphatic rings. The standard InChI is InChI=1S/C27H35NO2Si/c1-26(2,3)31-30-27(23-15-9-5-10-16-23,24-17-11-6-12-18-24)25(28)19-20-29-21-22-13-7-4-8-14-22/h4-18,25H,19-21,28,31H2,1-3H3/t25-/m0/s1. The molecule has 31 heavy (non-hydrogen) atoms. The number of ether oxygens (including phenoxy) is 1. The zero-order chi connectivity index (χ0) is 22.2. The third kappa shape index (κ3) is 6.37. The van der Waals surface area contributed by atoms with Crippen LogP contribution in [0, 0.1) is 0 Å². The smallest absolute Gasteiger partial charge is 0.168 e. The zero-order valence-electron chi connectivity index (χ0n) is 19.0. The van der Waals surface area contributed by atoms with E-state index in [1.54, 1.807) is 0 Å². The van der Waals surface area contributed by atoms with Crippen molar-refractivity contribution in [2.24, 2.45) is 5.73 Å². The molecule has 3 aromatic rings. The first-order valence-electron chi connectivity index (χ1n) is 11.0. The maximum Gasteiger partial charge on any atom is 0.168 e. The molecule has 3 rings (SSSR count). The molecule has 0 heterocycles. The minimum absolute atomic E-state index is 0.151. The van der Waals surface area contributed by atoms with Crippen LogP contribution < -0.4 is 5.73 Å². The largest absolute Gasteiger partial charge is 0.409 e. The molecule has 0 aromatic heterocycles. The maximum absolute atomic E-state index is 6.94. The van der Waals surface area contributed by atoms with Crippen LogP contribution in [-0.2, 0) is 21.4 Å². The summed E-state index contributed by atoms with van der Waals surface area (Å²) in [5.74, 6) is 0. The second-order valence-corrected chi connectivity index (χ2v) is 11.9. The SMILES string of the molecule is CC(C)(C)[SiH2]OC(c1ccccc1)(c1ccccc1)[C@@H](N)CCOCc1ccccc1. The fourth-order valence-electron chi connectivity index (χ4n) is 3.75. The maximum atomic E-state index is 6.94. The quantitative estimate of drug-likeness (QED) is 0.354. The summed E-state index contributed by atoms with van der Waals surface area (Å²) in [4.78, 5) is 0. The summed E-state index contributed by atoms with van der Waals surface area (Å²) in [5, 5.41) is 0.151. The summed E-state index contributed by atoms with van der Waals surface area (Å²) in [6.45, 7) is 7.91. The topological polar surface area (TPSA) is 44.5 Å². The van der Waals surface area contributed by atoms with E-state index in [-0.39, 0.29) is 11.1 Å². The van der Waals surface area contributed by atoms with Crippen molar-refractivity contribution in [1.29, 1.82) is 0 Å². The van der Waals surface area contributed by atoms with Gasteiger partial charge in [-0.15, -0.1) is 0 Å². The Morgan fingerprint density at radius 2 is 1.26 bits per heavy atom. The summed E-state index contributed by atoms with van der Waals surface area (Å²) in [7, 11) is -0.876. The second-order valence-electron chi connectivity index (χ2n) is 9.25. The average molecular weight is 434 g/mol. The lowest BCUT2D eigenvalue weighted by atomic mass is 9.79. The fourth-order valence-corrected chi connectivity index (χ4v) is 4.96. The Labute approximate surface area is 189 Å². The Bertz CT molecular complexity index is 855. The van der Waals surface area contributed by atoms with Gasteiger partial charge in [0.25, 0.3) is 0 Å². The first-order chi connectivity index (χ1) is 14.9. The van der Waals surface area contributed by atoms with Crippen molar-refractivity contribution in [2.75, 3.05) is 6.61 Å². The Morgan fingerprint density at radius 3 is 1.74 bits per heavy atom. The molecule has 0 spiro atoms. The van der Waals surface area contributed by atoms with Crippen molar-refractivity contribution in [3.63, 3.8) is 0 Å². The second kappa shape index (κ2) is 10.9. The van der Waals surface area contributed by atoms with Gasteiger partial charge in [-0.3, -0.25) is 0 Å². The van der Waals surface area contributed by atoms with Crippen LogP contribution in [0.25, 0.3) is 0 Å². The van der Waals surface area contributed by atoms with Gasteiger partial charge in [0.2, 0.25) is 0 Å². The Hall–Kier alpha value is -2.24. The highest BCUT2D eigenvalue weighted by Gasteiger charge is 2.41. The van der Waals surface area contributed by atoms with E-state index in [2.05, 4.69) is 81.4 Å². The van der Waals surface area contributed by atoms with E-state index in [1.807, 2.05) is 30.3 Å². The van der Waals surface area contributed by atoms with Crippen LogP contribution in [0.1, 0.15) is 43.9 Å². The van der Waals surface area contributed by atoms with E-state index < -0.39 is 15.4 Å². The third-order valence-corrected chi connectivity index (χ3v) is 6.81. The van der Waals surface area contributed by atoms with Gasteiger partial charge in [-0.05, 0) is 28.1 Å². The van der Waals surface area contributed by atoms with Gasteiger partial charge in [0.15, 0.2) is 9.76 Å². The van der Waals surface area contributed by atoms with Crippen LogP contribution in [0.3, 0.4) is 0 Å². The van der Waals surface area contributed by atoms with E-state index in [9.17, 15) is 0 Å². The summed E-state index contributed by atoms with van der Waals surface area (Å²) >= 11 is 0. The normalized spacial score (nSPS) is 13.5. The molecule has 0 bridgehead atoms. The van der Waals surface area contributed by atoms with Gasteiger partial charge in [-0.25, -0.2) is 0 Å². The highest BCUT2D eigenvalue weighted by atomic mass is 28.2. The van der Waals surface area contributed by atoms with Gasteiger partial charge in [-0.1, -0.05) is 112 Å². The lowest BCUT2D eigenvalue weighted by Crippen LogP contribution is -2.50. The van der Waals surface area contributed by atoms with Crippen molar-refractivity contribution in [3.8, 4) is 0 Å². The molecule has 0 saturated heterocycles. The van der Waals surface area contributed by atoms with Crippen LogP contribution in [0.2, 0.25) is 5.04 Å². The molecule has 0 aliphatic heterocycles. The van der Waals surface area contributed by atoms with Crippen LogP contribution in [0.4, 0.5) is 0 Å². The van der Waals surface area contributed by atoms with E-state index in [0.717, 1.165) is 11.1 Å². The molecule has 2 N–H and O–H groups in total. The van der Waals surface area contributed by atoms with Gasteiger partial charge >= 0.3 is 0 Å². The predicted molar refractivity (Wildman–Crippen MR) is 132 cm³/mol. The number of benzene rings is 3. The van der Waals surface area contributed by atoms with Crippen LogP contribution >= 0.6 is 0 Å². The third-order valence-electron chi connectivity index (χ3n) is 5.35. The Kier molecular flexibility index (Phi) is 8.21. The molecule has 3 nitrogen and oxygen atoms in total. The number of rotatable bonds is 10. The van der Waals surface area contributed by atoms with Crippen LogP contribution in [0.15, 0.2) is 91.0 Å². The molecule has 3 aromatic carbocycles. The highest BCUT2D eigenvalue weighted by molar-refractivity contribution is 6.32.